The first-order chi connectivity index (χ1) is 9.98. The van der Waals surface area contributed by atoms with E-state index in [0.29, 0.717) is 0 Å². The van der Waals surface area contributed by atoms with Crippen LogP contribution in [0.25, 0.3) is 11.0 Å². The van der Waals surface area contributed by atoms with Crippen molar-refractivity contribution in [2.75, 3.05) is 13.2 Å². The fourth-order valence-corrected chi connectivity index (χ4v) is 2.77. The van der Waals surface area contributed by atoms with Gasteiger partial charge in [-0.1, -0.05) is 25.1 Å². The summed E-state index contributed by atoms with van der Waals surface area (Å²) in [7, 11) is 0. The van der Waals surface area contributed by atoms with Crippen molar-refractivity contribution in [2.45, 2.75) is 52.7 Å². The van der Waals surface area contributed by atoms with Crippen LogP contribution in [0.5, 0.6) is 0 Å². The van der Waals surface area contributed by atoms with Crippen LogP contribution in [-0.2, 0) is 11.2 Å². The van der Waals surface area contributed by atoms with Crippen LogP contribution in [0.3, 0.4) is 0 Å². The highest BCUT2D eigenvalue weighted by atomic mass is 16.5. The Balaban J connectivity index is 2.17. The Morgan fingerprint density at radius 1 is 1.24 bits per heavy atom. The zero-order valence-corrected chi connectivity index (χ0v) is 13.8. The predicted octanol–water partition coefficient (Wildman–Crippen LogP) is 4.46. The van der Waals surface area contributed by atoms with Crippen LogP contribution in [0.1, 0.15) is 52.0 Å². The molecule has 2 rings (SSSR count). The summed E-state index contributed by atoms with van der Waals surface area (Å²) in [5, 5.41) is 4.77. The Hall–Kier alpha value is -1.32. The molecule has 0 saturated heterocycles. The number of hydrogen-bond acceptors (Lipinski definition) is 3. The number of benzene rings is 1. The second-order valence-electron chi connectivity index (χ2n) is 6.09. The highest BCUT2D eigenvalue weighted by Crippen LogP contribution is 2.30. The number of nitrogens with one attached hydrogen (secondary N) is 1. The third-order valence-corrected chi connectivity index (χ3v) is 3.85. The van der Waals surface area contributed by atoms with Gasteiger partial charge in [-0.3, -0.25) is 0 Å². The molecule has 2 aromatic rings. The topological polar surface area (TPSA) is 34.4 Å². The molecule has 1 aromatic heterocycles. The molecule has 3 nitrogen and oxygen atoms in total. The fraction of sp³-hybridized carbons (Fsp3) is 0.556. The quantitative estimate of drug-likeness (QED) is 0.817. The Bertz CT molecular complexity index is 586. The third kappa shape index (κ3) is 3.66. The normalized spacial score (nSPS) is 13.8. The van der Waals surface area contributed by atoms with E-state index < -0.39 is 0 Å². The molecule has 1 N–H and O–H groups in total. The van der Waals surface area contributed by atoms with Crippen LogP contribution < -0.4 is 5.32 Å². The zero-order valence-electron chi connectivity index (χ0n) is 13.8. The largest absolute Gasteiger partial charge is 0.459 e. The molecule has 0 saturated carbocycles. The number of aryl methyl sites for hydroxylation is 1. The van der Waals surface area contributed by atoms with E-state index >= 15 is 0 Å². The minimum atomic E-state index is -0.165. The van der Waals surface area contributed by atoms with E-state index in [-0.39, 0.29) is 11.6 Å². The van der Waals surface area contributed by atoms with Gasteiger partial charge < -0.3 is 14.5 Å². The van der Waals surface area contributed by atoms with Gasteiger partial charge in [0.2, 0.25) is 0 Å². The number of rotatable bonds is 7. The molecule has 0 aliphatic rings. The van der Waals surface area contributed by atoms with Crippen LogP contribution in [-0.4, -0.2) is 18.8 Å². The van der Waals surface area contributed by atoms with Crippen molar-refractivity contribution in [1.29, 1.82) is 0 Å². The average molecular weight is 289 g/mol. The molecule has 116 valence electrons. The van der Waals surface area contributed by atoms with Gasteiger partial charge >= 0.3 is 0 Å². The van der Waals surface area contributed by atoms with Crippen molar-refractivity contribution >= 4 is 11.0 Å². The van der Waals surface area contributed by atoms with E-state index in [9.17, 15) is 0 Å². The minimum Gasteiger partial charge on any atom is -0.459 e. The maximum atomic E-state index is 6.07. The lowest BCUT2D eigenvalue weighted by Crippen LogP contribution is -2.38. The van der Waals surface area contributed by atoms with Gasteiger partial charge in [0.05, 0.1) is 11.6 Å². The van der Waals surface area contributed by atoms with E-state index in [2.05, 4.69) is 45.1 Å². The molecular weight excluding hydrogens is 262 g/mol. The lowest BCUT2D eigenvalue weighted by Gasteiger charge is -2.27. The number of furan rings is 1. The molecule has 0 spiro atoms. The van der Waals surface area contributed by atoms with Gasteiger partial charge in [-0.05, 0) is 40.2 Å². The summed E-state index contributed by atoms with van der Waals surface area (Å²) in [6.45, 7) is 12.1. The standard InChI is InChI=1S/C18H27NO2/c1-6-14-15-10-8-9-11-16(15)21-17(14)13(3)19-12-18(4,5)20-7-2/h8-11,13,19H,6-7,12H2,1-5H3. The summed E-state index contributed by atoms with van der Waals surface area (Å²) in [5.74, 6) is 1.05. The van der Waals surface area contributed by atoms with Gasteiger partial charge in [0.25, 0.3) is 0 Å². The van der Waals surface area contributed by atoms with Gasteiger partial charge in [0, 0.05) is 24.1 Å². The predicted molar refractivity (Wildman–Crippen MR) is 87.7 cm³/mol. The molecule has 0 aliphatic carbocycles. The van der Waals surface area contributed by atoms with Crippen LogP contribution in [0, 0.1) is 0 Å². The molecular formula is C18H27NO2. The monoisotopic (exact) mass is 289 g/mol. The number of para-hydroxylation sites is 1. The number of ether oxygens (including phenoxy) is 1. The van der Waals surface area contributed by atoms with Crippen LogP contribution in [0.15, 0.2) is 28.7 Å². The summed E-state index contributed by atoms with van der Waals surface area (Å²) in [6, 6.07) is 8.43. The van der Waals surface area contributed by atoms with E-state index in [0.717, 1.165) is 30.9 Å². The Morgan fingerprint density at radius 2 is 1.95 bits per heavy atom. The first-order valence-electron chi connectivity index (χ1n) is 7.86. The molecule has 1 unspecified atom stereocenters. The molecule has 0 bridgehead atoms. The molecule has 0 amide bonds. The molecule has 1 heterocycles. The maximum Gasteiger partial charge on any atom is 0.134 e. The highest BCUT2D eigenvalue weighted by molar-refractivity contribution is 5.82. The average Bonchev–Trinajstić information content (AvgIpc) is 2.83. The van der Waals surface area contributed by atoms with Gasteiger partial charge in [0.1, 0.15) is 11.3 Å². The lowest BCUT2D eigenvalue weighted by molar-refractivity contribution is -0.0106. The van der Waals surface area contributed by atoms with Gasteiger partial charge in [-0.2, -0.15) is 0 Å². The molecule has 0 fully saturated rings. The summed E-state index contributed by atoms with van der Waals surface area (Å²) < 4.78 is 11.8. The van der Waals surface area contributed by atoms with E-state index in [1.54, 1.807) is 0 Å². The van der Waals surface area contributed by atoms with Crippen molar-refractivity contribution in [3.63, 3.8) is 0 Å². The summed E-state index contributed by atoms with van der Waals surface area (Å²) in [6.07, 6.45) is 0.979. The zero-order chi connectivity index (χ0) is 15.5. The van der Waals surface area contributed by atoms with E-state index in [4.69, 9.17) is 9.15 Å². The number of fused-ring (bicyclic) bond motifs is 1. The van der Waals surface area contributed by atoms with E-state index in [1.807, 2.05) is 19.1 Å². The smallest absolute Gasteiger partial charge is 0.134 e. The molecule has 21 heavy (non-hydrogen) atoms. The summed E-state index contributed by atoms with van der Waals surface area (Å²) in [4.78, 5) is 0. The van der Waals surface area contributed by atoms with Crippen LogP contribution in [0.4, 0.5) is 0 Å². The first kappa shape index (κ1) is 16.1. The fourth-order valence-electron chi connectivity index (χ4n) is 2.77. The SMILES string of the molecule is CCOC(C)(C)CNC(C)c1oc2ccccc2c1CC. The second-order valence-corrected chi connectivity index (χ2v) is 6.09. The van der Waals surface area contributed by atoms with Crippen molar-refractivity contribution in [1.82, 2.24) is 5.32 Å². The molecule has 3 heteroatoms. The maximum absolute atomic E-state index is 6.07. The van der Waals surface area contributed by atoms with Gasteiger partial charge in [-0.25, -0.2) is 0 Å². The number of hydrogen-bond donors (Lipinski definition) is 1. The van der Waals surface area contributed by atoms with Crippen molar-refractivity contribution in [2.24, 2.45) is 0 Å². The van der Waals surface area contributed by atoms with Crippen molar-refractivity contribution in [3.8, 4) is 0 Å². The second kappa shape index (κ2) is 6.63. The molecule has 0 aliphatic heterocycles. The first-order valence-corrected chi connectivity index (χ1v) is 7.86. The summed E-state index contributed by atoms with van der Waals surface area (Å²) in [5.41, 5.74) is 2.11. The highest BCUT2D eigenvalue weighted by Gasteiger charge is 2.22. The molecule has 1 atom stereocenters. The molecule has 0 radical (unpaired) electrons. The van der Waals surface area contributed by atoms with Gasteiger partial charge in [0.15, 0.2) is 0 Å². The Kier molecular flexibility index (Phi) is 5.07. The Morgan fingerprint density at radius 3 is 2.62 bits per heavy atom. The van der Waals surface area contributed by atoms with Crippen molar-refractivity contribution in [3.05, 3.63) is 35.6 Å². The minimum absolute atomic E-state index is 0.165. The lowest BCUT2D eigenvalue weighted by atomic mass is 10.0. The van der Waals surface area contributed by atoms with Crippen molar-refractivity contribution < 1.29 is 9.15 Å². The van der Waals surface area contributed by atoms with Gasteiger partial charge in [-0.15, -0.1) is 0 Å². The Labute approximate surface area is 127 Å². The molecule has 1 aromatic carbocycles. The van der Waals surface area contributed by atoms with E-state index in [1.165, 1.54) is 10.9 Å². The van der Waals surface area contributed by atoms with Crippen LogP contribution in [0.2, 0.25) is 0 Å². The third-order valence-electron chi connectivity index (χ3n) is 3.85. The summed E-state index contributed by atoms with van der Waals surface area (Å²) >= 11 is 0. The van der Waals surface area contributed by atoms with Crippen LogP contribution >= 0.6 is 0 Å².